The molecule has 1 aromatic carbocycles. The smallest absolute Gasteiger partial charge is 0.206 e. The van der Waals surface area contributed by atoms with E-state index in [1.165, 1.54) is 11.3 Å². The molecule has 58 valence electrons. The summed E-state index contributed by atoms with van der Waals surface area (Å²) in [4.78, 5) is 3.18. The van der Waals surface area contributed by atoms with Gasteiger partial charge in [0, 0.05) is 11.6 Å². The van der Waals surface area contributed by atoms with Crippen molar-refractivity contribution in [2.45, 2.75) is 20.3 Å². The SMILES string of the molecule is C1=[NH+]c2ccccc2C1.CC. The van der Waals surface area contributed by atoms with E-state index < -0.39 is 0 Å². The van der Waals surface area contributed by atoms with E-state index in [4.69, 9.17) is 0 Å². The fourth-order valence-corrected chi connectivity index (χ4v) is 1.11. The van der Waals surface area contributed by atoms with Gasteiger partial charge >= 0.3 is 0 Å². The van der Waals surface area contributed by atoms with Gasteiger partial charge in [-0.1, -0.05) is 32.0 Å². The minimum atomic E-state index is 1.07. The second-order valence-corrected chi connectivity index (χ2v) is 2.21. The van der Waals surface area contributed by atoms with Gasteiger partial charge in [-0.15, -0.1) is 0 Å². The van der Waals surface area contributed by atoms with Crippen LogP contribution >= 0.6 is 0 Å². The lowest BCUT2D eigenvalue weighted by Gasteiger charge is -1.85. The van der Waals surface area contributed by atoms with Crippen molar-refractivity contribution in [3.05, 3.63) is 29.8 Å². The second-order valence-electron chi connectivity index (χ2n) is 2.21. The molecule has 0 bridgehead atoms. The molecule has 0 amide bonds. The van der Waals surface area contributed by atoms with Gasteiger partial charge in [0.05, 0.1) is 6.42 Å². The third-order valence-electron chi connectivity index (χ3n) is 1.60. The van der Waals surface area contributed by atoms with Gasteiger partial charge in [0.25, 0.3) is 0 Å². The monoisotopic (exact) mass is 148 g/mol. The maximum absolute atomic E-state index is 3.18. The number of hydrogen-bond donors (Lipinski definition) is 1. The van der Waals surface area contributed by atoms with E-state index in [0.29, 0.717) is 0 Å². The minimum Gasteiger partial charge on any atom is -0.215 e. The van der Waals surface area contributed by atoms with Crippen LogP contribution in [-0.2, 0) is 6.42 Å². The molecule has 0 unspecified atom stereocenters. The Balaban J connectivity index is 0.000000281. The van der Waals surface area contributed by atoms with E-state index >= 15 is 0 Å². The molecule has 2 rings (SSSR count). The third kappa shape index (κ3) is 1.67. The van der Waals surface area contributed by atoms with Crippen molar-refractivity contribution in [2.24, 2.45) is 0 Å². The number of benzene rings is 1. The van der Waals surface area contributed by atoms with Crippen LogP contribution in [0.3, 0.4) is 0 Å². The summed E-state index contributed by atoms with van der Waals surface area (Å²) in [5.74, 6) is 0. The van der Waals surface area contributed by atoms with Crippen LogP contribution in [-0.4, -0.2) is 6.21 Å². The number of nitrogens with one attached hydrogen (secondary N) is 1. The third-order valence-corrected chi connectivity index (χ3v) is 1.60. The molecule has 0 saturated carbocycles. The van der Waals surface area contributed by atoms with Crippen LogP contribution in [0.15, 0.2) is 24.3 Å². The summed E-state index contributed by atoms with van der Waals surface area (Å²) in [6, 6.07) is 8.36. The first-order valence-corrected chi connectivity index (χ1v) is 4.13. The molecule has 1 heterocycles. The molecular formula is C10H14N+. The Morgan fingerprint density at radius 3 is 2.64 bits per heavy atom. The molecule has 1 heteroatoms. The Kier molecular flexibility index (Phi) is 2.84. The number of para-hydroxylation sites is 1. The minimum absolute atomic E-state index is 1.07. The molecule has 1 aliphatic heterocycles. The molecule has 0 atom stereocenters. The van der Waals surface area contributed by atoms with Gasteiger partial charge in [-0.25, -0.2) is 4.99 Å². The van der Waals surface area contributed by atoms with Crippen LogP contribution < -0.4 is 4.99 Å². The highest BCUT2D eigenvalue weighted by atomic mass is 14.7. The number of hydrogen-bond acceptors (Lipinski definition) is 0. The average molecular weight is 148 g/mol. The van der Waals surface area contributed by atoms with E-state index in [1.807, 2.05) is 19.9 Å². The van der Waals surface area contributed by atoms with Crippen LogP contribution in [0.4, 0.5) is 5.69 Å². The van der Waals surface area contributed by atoms with Gasteiger partial charge in [0.2, 0.25) is 5.69 Å². The predicted molar refractivity (Wildman–Crippen MR) is 48.2 cm³/mol. The lowest BCUT2D eigenvalue weighted by Crippen LogP contribution is -2.58. The quantitative estimate of drug-likeness (QED) is 0.565. The first-order valence-electron chi connectivity index (χ1n) is 4.13. The number of rotatable bonds is 0. The summed E-state index contributed by atoms with van der Waals surface area (Å²) in [7, 11) is 0. The Hall–Kier alpha value is -1.11. The molecule has 1 aromatic rings. The van der Waals surface area contributed by atoms with Crippen LogP contribution in [0.1, 0.15) is 19.4 Å². The standard InChI is InChI=1S/C8H7N.C2H6/c1-2-4-8-7(3-1)5-6-9-8;1-2/h1-4,6H,5H2;1-2H3/p+1. The highest BCUT2D eigenvalue weighted by molar-refractivity contribution is 5.65. The van der Waals surface area contributed by atoms with Crippen LogP contribution in [0.5, 0.6) is 0 Å². The maximum atomic E-state index is 3.18. The molecule has 0 aliphatic carbocycles. The van der Waals surface area contributed by atoms with Gasteiger partial charge in [-0.05, 0) is 0 Å². The topological polar surface area (TPSA) is 14.0 Å². The largest absolute Gasteiger partial charge is 0.215 e. The van der Waals surface area contributed by atoms with Crippen LogP contribution in [0, 0.1) is 0 Å². The zero-order chi connectivity index (χ0) is 8.10. The normalized spacial score (nSPS) is 11.8. The van der Waals surface area contributed by atoms with E-state index in [1.54, 1.807) is 0 Å². The van der Waals surface area contributed by atoms with E-state index in [9.17, 15) is 0 Å². The molecule has 11 heavy (non-hydrogen) atoms. The fraction of sp³-hybridized carbons (Fsp3) is 0.300. The summed E-state index contributed by atoms with van der Waals surface area (Å²) in [5.41, 5.74) is 2.66. The van der Waals surface area contributed by atoms with Crippen LogP contribution in [0.2, 0.25) is 0 Å². The Morgan fingerprint density at radius 2 is 1.91 bits per heavy atom. The van der Waals surface area contributed by atoms with Crippen molar-refractivity contribution in [3.63, 3.8) is 0 Å². The summed E-state index contributed by atoms with van der Waals surface area (Å²) in [6.07, 6.45) is 3.14. The van der Waals surface area contributed by atoms with E-state index in [0.717, 1.165) is 6.42 Å². The van der Waals surface area contributed by atoms with Gasteiger partial charge in [-0.3, -0.25) is 0 Å². The molecule has 0 spiro atoms. The zero-order valence-electron chi connectivity index (χ0n) is 7.09. The molecule has 0 radical (unpaired) electrons. The van der Waals surface area contributed by atoms with E-state index in [-0.39, 0.29) is 0 Å². The second kappa shape index (κ2) is 3.91. The first kappa shape index (κ1) is 7.99. The van der Waals surface area contributed by atoms with Crippen LogP contribution in [0.25, 0.3) is 0 Å². The van der Waals surface area contributed by atoms with Crippen molar-refractivity contribution >= 4 is 11.9 Å². The molecule has 0 saturated heterocycles. The predicted octanol–water partition coefficient (Wildman–Crippen LogP) is 1.05. The molecule has 1 nitrogen and oxygen atoms in total. The van der Waals surface area contributed by atoms with Crippen molar-refractivity contribution < 1.29 is 4.99 Å². The molecular weight excluding hydrogens is 134 g/mol. The van der Waals surface area contributed by atoms with Crippen molar-refractivity contribution in [2.75, 3.05) is 0 Å². The highest BCUT2D eigenvalue weighted by Gasteiger charge is 2.09. The molecule has 1 aliphatic rings. The maximum Gasteiger partial charge on any atom is 0.206 e. The van der Waals surface area contributed by atoms with Crippen molar-refractivity contribution in [1.82, 2.24) is 0 Å². The van der Waals surface area contributed by atoms with Gasteiger partial charge in [-0.2, -0.15) is 0 Å². The molecule has 0 aromatic heterocycles. The fourth-order valence-electron chi connectivity index (χ4n) is 1.11. The lowest BCUT2D eigenvalue weighted by molar-refractivity contribution is -0.343. The zero-order valence-corrected chi connectivity index (χ0v) is 7.09. The Bertz CT molecular complexity index is 251. The lowest BCUT2D eigenvalue weighted by atomic mass is 10.2. The Morgan fingerprint density at radius 1 is 1.18 bits per heavy atom. The Labute approximate surface area is 67.8 Å². The summed E-state index contributed by atoms with van der Waals surface area (Å²) < 4.78 is 0. The molecule has 1 N–H and O–H groups in total. The summed E-state index contributed by atoms with van der Waals surface area (Å²) in [6.45, 7) is 4.00. The first-order chi connectivity index (χ1) is 5.47. The van der Waals surface area contributed by atoms with Gasteiger partial charge < -0.3 is 0 Å². The summed E-state index contributed by atoms with van der Waals surface area (Å²) in [5, 5.41) is 0. The van der Waals surface area contributed by atoms with Crippen molar-refractivity contribution in [1.29, 1.82) is 0 Å². The van der Waals surface area contributed by atoms with Gasteiger partial charge in [0.1, 0.15) is 6.21 Å². The highest BCUT2D eigenvalue weighted by Crippen LogP contribution is 2.09. The van der Waals surface area contributed by atoms with Crippen molar-refractivity contribution in [3.8, 4) is 0 Å². The number of fused-ring (bicyclic) bond motifs is 1. The summed E-state index contributed by atoms with van der Waals surface area (Å²) >= 11 is 0. The van der Waals surface area contributed by atoms with Gasteiger partial charge in [0.15, 0.2) is 0 Å². The average Bonchev–Trinajstić information content (AvgIpc) is 2.55. The molecule has 0 fully saturated rings. The van der Waals surface area contributed by atoms with E-state index in [2.05, 4.69) is 29.4 Å².